The van der Waals surface area contributed by atoms with E-state index >= 15 is 0 Å². The third-order valence-electron chi connectivity index (χ3n) is 3.91. The van der Waals surface area contributed by atoms with Crippen molar-refractivity contribution in [3.63, 3.8) is 0 Å². The van der Waals surface area contributed by atoms with Crippen LogP contribution in [0.1, 0.15) is 54.3 Å². The Kier molecular flexibility index (Phi) is 3.05. The van der Waals surface area contributed by atoms with Gasteiger partial charge in [0, 0.05) is 0 Å². The van der Waals surface area contributed by atoms with Crippen LogP contribution >= 0.6 is 11.6 Å². The number of halogens is 1. The lowest BCUT2D eigenvalue weighted by Gasteiger charge is -2.24. The highest BCUT2D eigenvalue weighted by atomic mass is 35.5. The summed E-state index contributed by atoms with van der Waals surface area (Å²) in [5, 5.41) is 0.187. The maximum Gasteiger partial charge on any atom is 0.0595 e. The summed E-state index contributed by atoms with van der Waals surface area (Å²) in [4.78, 5) is 0. The summed E-state index contributed by atoms with van der Waals surface area (Å²) in [7, 11) is 0. The molecule has 1 aromatic rings. The Morgan fingerprint density at radius 1 is 1.19 bits per heavy atom. The predicted octanol–water partition coefficient (Wildman–Crippen LogP) is 4.95. The number of hydrogen-bond acceptors (Lipinski definition) is 0. The number of benzene rings is 1. The van der Waals surface area contributed by atoms with E-state index in [2.05, 4.69) is 39.8 Å². The second kappa shape index (κ2) is 4.07. The fourth-order valence-electron chi connectivity index (χ4n) is 2.81. The normalized spacial score (nSPS) is 23.7. The predicted molar refractivity (Wildman–Crippen MR) is 71.2 cm³/mol. The zero-order valence-electron chi connectivity index (χ0n) is 10.7. The van der Waals surface area contributed by atoms with Crippen LogP contribution in [0, 0.1) is 19.3 Å². The molecule has 0 nitrogen and oxygen atoms in total. The Morgan fingerprint density at radius 3 is 2.50 bits per heavy atom. The van der Waals surface area contributed by atoms with Crippen molar-refractivity contribution in [3.05, 3.63) is 34.4 Å². The molecule has 0 aliphatic heterocycles. The van der Waals surface area contributed by atoms with Crippen molar-refractivity contribution in [2.24, 2.45) is 5.41 Å². The molecule has 1 atom stereocenters. The first-order chi connectivity index (χ1) is 7.41. The van der Waals surface area contributed by atoms with Crippen LogP contribution in [0.25, 0.3) is 0 Å². The Hall–Kier alpha value is -0.490. The van der Waals surface area contributed by atoms with Crippen LogP contribution in [-0.2, 0) is 6.42 Å². The van der Waals surface area contributed by atoms with Crippen LogP contribution in [0.4, 0.5) is 0 Å². The van der Waals surface area contributed by atoms with Crippen molar-refractivity contribution >= 4 is 11.6 Å². The first-order valence-electron chi connectivity index (χ1n) is 6.14. The van der Waals surface area contributed by atoms with E-state index in [1.807, 2.05) is 0 Å². The molecule has 16 heavy (non-hydrogen) atoms. The quantitative estimate of drug-likeness (QED) is 0.442. The molecular weight excluding hydrogens is 216 g/mol. The lowest BCUT2D eigenvalue weighted by atomic mass is 9.84. The van der Waals surface area contributed by atoms with E-state index in [4.69, 9.17) is 11.6 Å². The third kappa shape index (κ3) is 2.13. The van der Waals surface area contributed by atoms with Gasteiger partial charge in [0.25, 0.3) is 0 Å². The van der Waals surface area contributed by atoms with E-state index in [-0.39, 0.29) is 5.38 Å². The highest BCUT2D eigenvalue weighted by molar-refractivity contribution is 6.21. The second-order valence-corrected chi connectivity index (χ2v) is 6.45. The van der Waals surface area contributed by atoms with Crippen molar-refractivity contribution in [2.75, 3.05) is 0 Å². The third-order valence-corrected chi connectivity index (χ3v) is 4.28. The Morgan fingerprint density at radius 2 is 1.81 bits per heavy atom. The largest absolute Gasteiger partial charge is 0.118 e. The minimum absolute atomic E-state index is 0.187. The van der Waals surface area contributed by atoms with Gasteiger partial charge in [-0.3, -0.25) is 0 Å². The van der Waals surface area contributed by atoms with Crippen LogP contribution < -0.4 is 0 Å². The maximum atomic E-state index is 6.61. The topological polar surface area (TPSA) is 0 Å². The summed E-state index contributed by atoms with van der Waals surface area (Å²) in [5.74, 6) is 0. The number of aryl methyl sites for hydroxylation is 2. The van der Waals surface area contributed by atoms with E-state index in [9.17, 15) is 0 Å². The summed E-state index contributed by atoms with van der Waals surface area (Å²) >= 11 is 6.61. The van der Waals surface area contributed by atoms with Crippen molar-refractivity contribution in [1.29, 1.82) is 0 Å². The second-order valence-electron chi connectivity index (χ2n) is 5.93. The van der Waals surface area contributed by atoms with Crippen LogP contribution in [0.2, 0.25) is 0 Å². The lowest BCUT2D eigenvalue weighted by molar-refractivity contribution is 0.313. The summed E-state index contributed by atoms with van der Waals surface area (Å²) in [5.41, 5.74) is 6.05. The number of hydrogen-bond donors (Lipinski definition) is 0. The van der Waals surface area contributed by atoms with Gasteiger partial charge in [-0.25, -0.2) is 0 Å². The van der Waals surface area contributed by atoms with Crippen molar-refractivity contribution in [3.8, 4) is 0 Å². The maximum absolute atomic E-state index is 6.61. The Balaban J connectivity index is 2.52. The average Bonchev–Trinajstić information content (AvgIpc) is 2.29. The molecule has 1 aromatic carbocycles. The van der Waals surface area contributed by atoms with Gasteiger partial charge in [-0.1, -0.05) is 26.0 Å². The monoisotopic (exact) mass is 236 g/mol. The standard InChI is InChI=1S/C15H21Cl/c1-10-5-6-11(2)14-12(10)7-8-15(3,4)9-13(14)16/h5-6,13H,7-9H2,1-4H3. The number of fused-ring (bicyclic) bond motifs is 1. The zero-order valence-corrected chi connectivity index (χ0v) is 11.5. The molecule has 0 saturated carbocycles. The SMILES string of the molecule is Cc1ccc(C)c2c1CCC(C)(C)CC2Cl. The van der Waals surface area contributed by atoms with E-state index in [0.717, 1.165) is 6.42 Å². The smallest absolute Gasteiger partial charge is 0.0595 e. The van der Waals surface area contributed by atoms with Gasteiger partial charge in [0.05, 0.1) is 5.38 Å². The first kappa shape index (κ1) is 12.0. The minimum Gasteiger partial charge on any atom is -0.118 e. The van der Waals surface area contributed by atoms with Crippen LogP contribution in [-0.4, -0.2) is 0 Å². The molecule has 1 aliphatic rings. The van der Waals surface area contributed by atoms with Gasteiger partial charge < -0.3 is 0 Å². The van der Waals surface area contributed by atoms with Crippen molar-refractivity contribution in [1.82, 2.24) is 0 Å². The zero-order chi connectivity index (χ0) is 11.9. The summed E-state index contributed by atoms with van der Waals surface area (Å²) < 4.78 is 0. The minimum atomic E-state index is 0.187. The molecule has 0 heterocycles. The Labute approximate surface area is 104 Å². The van der Waals surface area contributed by atoms with E-state index in [0.29, 0.717) is 5.41 Å². The summed E-state index contributed by atoms with van der Waals surface area (Å²) in [6, 6.07) is 4.44. The fraction of sp³-hybridized carbons (Fsp3) is 0.600. The molecule has 1 aliphatic carbocycles. The van der Waals surface area contributed by atoms with Crippen LogP contribution in [0.15, 0.2) is 12.1 Å². The average molecular weight is 237 g/mol. The van der Waals surface area contributed by atoms with Gasteiger partial charge in [-0.2, -0.15) is 0 Å². The van der Waals surface area contributed by atoms with Crippen LogP contribution in [0.5, 0.6) is 0 Å². The van der Waals surface area contributed by atoms with Gasteiger partial charge >= 0.3 is 0 Å². The molecule has 0 aromatic heterocycles. The van der Waals surface area contributed by atoms with Gasteiger partial charge in [-0.05, 0) is 60.8 Å². The molecule has 88 valence electrons. The van der Waals surface area contributed by atoms with Crippen LogP contribution in [0.3, 0.4) is 0 Å². The van der Waals surface area contributed by atoms with Gasteiger partial charge in [0.1, 0.15) is 0 Å². The van der Waals surface area contributed by atoms with E-state index in [1.165, 1.54) is 35.1 Å². The van der Waals surface area contributed by atoms with Gasteiger partial charge in [0.15, 0.2) is 0 Å². The van der Waals surface area contributed by atoms with Gasteiger partial charge in [-0.15, -0.1) is 11.6 Å². The molecule has 0 N–H and O–H groups in total. The molecular formula is C15H21Cl. The highest BCUT2D eigenvalue weighted by Crippen LogP contribution is 2.44. The van der Waals surface area contributed by atoms with Gasteiger partial charge in [0.2, 0.25) is 0 Å². The molecule has 0 bridgehead atoms. The van der Waals surface area contributed by atoms with E-state index in [1.54, 1.807) is 0 Å². The molecule has 1 heteroatoms. The highest BCUT2D eigenvalue weighted by Gasteiger charge is 2.29. The van der Waals surface area contributed by atoms with Crippen molar-refractivity contribution < 1.29 is 0 Å². The first-order valence-corrected chi connectivity index (χ1v) is 6.57. The molecule has 1 unspecified atom stereocenters. The molecule has 0 saturated heterocycles. The Bertz CT molecular complexity index is 404. The number of alkyl halides is 1. The molecule has 2 rings (SSSR count). The summed E-state index contributed by atoms with van der Waals surface area (Å²) in [6.45, 7) is 9.06. The molecule has 0 radical (unpaired) electrons. The van der Waals surface area contributed by atoms with E-state index < -0.39 is 0 Å². The number of rotatable bonds is 0. The summed E-state index contributed by atoms with van der Waals surface area (Å²) in [6.07, 6.45) is 3.51. The van der Waals surface area contributed by atoms with Crippen molar-refractivity contribution in [2.45, 2.75) is 52.3 Å². The molecule has 0 amide bonds. The lowest BCUT2D eigenvalue weighted by Crippen LogP contribution is -2.11. The molecule has 0 spiro atoms. The molecule has 0 fully saturated rings. The fourth-order valence-corrected chi connectivity index (χ4v) is 3.53.